The van der Waals surface area contributed by atoms with Gasteiger partial charge in [-0.05, 0) is 39.5 Å². The standard InChI is InChI=1S/C18H29N3O2/c1-19(2)14-16(15-8-6-5-7-9-15)21(4)17(22)18(23)10-12-20(3)13-11-18/h5-9,16,23H,10-14H2,1-4H3/t16-/m0/s1. The summed E-state index contributed by atoms with van der Waals surface area (Å²) in [5.74, 6) is -0.165. The van der Waals surface area contributed by atoms with Crippen molar-refractivity contribution in [3.63, 3.8) is 0 Å². The van der Waals surface area contributed by atoms with Gasteiger partial charge in [0, 0.05) is 26.7 Å². The van der Waals surface area contributed by atoms with Gasteiger partial charge >= 0.3 is 0 Å². The Morgan fingerprint density at radius 3 is 2.30 bits per heavy atom. The monoisotopic (exact) mass is 319 g/mol. The Balaban J connectivity index is 2.19. The molecule has 0 radical (unpaired) electrons. The van der Waals surface area contributed by atoms with Crippen molar-refractivity contribution < 1.29 is 9.90 Å². The minimum Gasteiger partial charge on any atom is -0.380 e. The highest BCUT2D eigenvalue weighted by Gasteiger charge is 2.42. The summed E-state index contributed by atoms with van der Waals surface area (Å²) in [5, 5.41) is 10.8. The number of benzene rings is 1. The summed E-state index contributed by atoms with van der Waals surface area (Å²) < 4.78 is 0. The lowest BCUT2D eigenvalue weighted by Gasteiger charge is -2.40. The third-order valence-electron chi connectivity index (χ3n) is 4.72. The summed E-state index contributed by atoms with van der Waals surface area (Å²) in [6.45, 7) is 2.22. The van der Waals surface area contributed by atoms with E-state index in [0.717, 1.165) is 25.2 Å². The largest absolute Gasteiger partial charge is 0.380 e. The van der Waals surface area contributed by atoms with Crippen molar-refractivity contribution in [2.75, 3.05) is 47.8 Å². The molecule has 1 aliphatic rings. The molecule has 2 rings (SSSR count). The van der Waals surface area contributed by atoms with Crippen LogP contribution < -0.4 is 0 Å². The maximum absolute atomic E-state index is 13.0. The maximum atomic E-state index is 13.0. The lowest BCUT2D eigenvalue weighted by molar-refractivity contribution is -0.157. The predicted octanol–water partition coefficient (Wildman–Crippen LogP) is 1.20. The SMILES string of the molecule is CN(C)C[C@@H](c1ccccc1)N(C)C(=O)C1(O)CCN(C)CC1. The molecule has 1 saturated heterocycles. The second-order valence-corrected chi connectivity index (χ2v) is 6.94. The van der Waals surface area contributed by atoms with Gasteiger partial charge in [0.05, 0.1) is 6.04 Å². The lowest BCUT2D eigenvalue weighted by Crippen LogP contribution is -2.54. The van der Waals surface area contributed by atoms with Crippen LogP contribution in [0.5, 0.6) is 0 Å². The number of carbonyl (C=O) groups is 1. The summed E-state index contributed by atoms with van der Waals surface area (Å²) in [4.78, 5) is 18.9. The number of likely N-dealkylation sites (N-methyl/N-ethyl adjacent to an activating group) is 2. The summed E-state index contributed by atoms with van der Waals surface area (Å²) in [5.41, 5.74) is -0.144. The van der Waals surface area contributed by atoms with Crippen molar-refractivity contribution in [2.45, 2.75) is 24.5 Å². The first-order chi connectivity index (χ1) is 10.8. The lowest BCUT2D eigenvalue weighted by atomic mass is 9.89. The number of amides is 1. The molecule has 1 aliphatic heterocycles. The minimum absolute atomic E-state index is 0.0672. The fourth-order valence-corrected chi connectivity index (χ4v) is 3.14. The second kappa shape index (κ2) is 7.43. The van der Waals surface area contributed by atoms with Crippen LogP contribution in [0.15, 0.2) is 30.3 Å². The van der Waals surface area contributed by atoms with Gasteiger partial charge in [0.2, 0.25) is 0 Å². The quantitative estimate of drug-likeness (QED) is 0.886. The number of rotatable bonds is 5. The first-order valence-electron chi connectivity index (χ1n) is 8.21. The molecule has 5 heteroatoms. The van der Waals surface area contributed by atoms with E-state index in [1.165, 1.54) is 0 Å². The molecule has 1 N–H and O–H groups in total. The molecule has 1 amide bonds. The van der Waals surface area contributed by atoms with Crippen molar-refractivity contribution in [3.05, 3.63) is 35.9 Å². The van der Waals surface area contributed by atoms with Crippen molar-refractivity contribution in [1.82, 2.24) is 14.7 Å². The molecule has 0 bridgehead atoms. The van der Waals surface area contributed by atoms with Crippen LogP contribution >= 0.6 is 0 Å². The Morgan fingerprint density at radius 1 is 1.22 bits per heavy atom. The van der Waals surface area contributed by atoms with Crippen LogP contribution in [-0.4, -0.2) is 79.1 Å². The van der Waals surface area contributed by atoms with Gasteiger partial charge < -0.3 is 19.8 Å². The molecular weight excluding hydrogens is 290 g/mol. The Labute approximate surface area is 139 Å². The topological polar surface area (TPSA) is 47.0 Å². The van der Waals surface area contributed by atoms with Crippen LogP contribution in [-0.2, 0) is 4.79 Å². The summed E-state index contributed by atoms with van der Waals surface area (Å²) in [7, 11) is 7.82. The molecule has 1 aromatic rings. The van der Waals surface area contributed by atoms with Gasteiger partial charge in [-0.3, -0.25) is 4.79 Å². The average Bonchev–Trinajstić information content (AvgIpc) is 2.55. The molecule has 0 saturated carbocycles. The van der Waals surface area contributed by atoms with Crippen LogP contribution in [0.3, 0.4) is 0 Å². The smallest absolute Gasteiger partial charge is 0.254 e. The molecule has 5 nitrogen and oxygen atoms in total. The molecule has 0 aliphatic carbocycles. The number of likely N-dealkylation sites (tertiary alicyclic amines) is 1. The number of nitrogens with zero attached hydrogens (tertiary/aromatic N) is 3. The number of hydrogen-bond donors (Lipinski definition) is 1. The third-order valence-corrected chi connectivity index (χ3v) is 4.72. The highest BCUT2D eigenvalue weighted by Crippen LogP contribution is 2.28. The number of piperidine rings is 1. The van der Waals surface area contributed by atoms with E-state index in [1.54, 1.807) is 11.9 Å². The van der Waals surface area contributed by atoms with Gasteiger partial charge in [-0.25, -0.2) is 0 Å². The number of hydrogen-bond acceptors (Lipinski definition) is 4. The van der Waals surface area contributed by atoms with Crippen molar-refractivity contribution in [3.8, 4) is 0 Å². The van der Waals surface area contributed by atoms with Crippen LogP contribution in [0, 0.1) is 0 Å². The first kappa shape index (κ1) is 17.9. The van der Waals surface area contributed by atoms with Gasteiger partial charge in [0.25, 0.3) is 5.91 Å². The van der Waals surface area contributed by atoms with Crippen molar-refractivity contribution in [2.24, 2.45) is 0 Å². The molecular formula is C18H29N3O2. The summed E-state index contributed by atoms with van der Waals surface area (Å²) >= 11 is 0. The van der Waals surface area contributed by atoms with E-state index in [1.807, 2.05) is 51.5 Å². The molecule has 0 spiro atoms. The summed E-state index contributed by atoms with van der Waals surface area (Å²) in [6.07, 6.45) is 0.992. The van der Waals surface area contributed by atoms with Crippen molar-refractivity contribution >= 4 is 5.91 Å². The minimum atomic E-state index is -1.24. The van der Waals surface area contributed by atoms with E-state index in [9.17, 15) is 9.90 Å². The fourth-order valence-electron chi connectivity index (χ4n) is 3.14. The molecule has 1 fully saturated rings. The van der Waals surface area contributed by atoms with Gasteiger partial charge in [-0.2, -0.15) is 0 Å². The molecule has 1 heterocycles. The Kier molecular flexibility index (Phi) is 5.79. The number of aliphatic hydroxyl groups is 1. The molecule has 0 aromatic heterocycles. The Bertz CT molecular complexity index is 510. The fraction of sp³-hybridized carbons (Fsp3) is 0.611. The third kappa shape index (κ3) is 4.31. The Hall–Kier alpha value is -1.43. The van der Waals surface area contributed by atoms with E-state index >= 15 is 0 Å². The predicted molar refractivity (Wildman–Crippen MR) is 92.2 cm³/mol. The van der Waals surface area contributed by atoms with Gasteiger partial charge in [0.15, 0.2) is 0 Å². The zero-order chi connectivity index (χ0) is 17.0. The van der Waals surface area contributed by atoms with Gasteiger partial charge in [-0.15, -0.1) is 0 Å². The average molecular weight is 319 g/mol. The second-order valence-electron chi connectivity index (χ2n) is 6.94. The molecule has 128 valence electrons. The van der Waals surface area contributed by atoms with Gasteiger partial charge in [-0.1, -0.05) is 30.3 Å². The highest BCUT2D eigenvalue weighted by atomic mass is 16.3. The van der Waals surface area contributed by atoms with E-state index in [2.05, 4.69) is 9.80 Å². The van der Waals surface area contributed by atoms with E-state index in [0.29, 0.717) is 12.8 Å². The highest BCUT2D eigenvalue weighted by molar-refractivity contribution is 5.85. The van der Waals surface area contributed by atoms with Crippen LogP contribution in [0.4, 0.5) is 0 Å². The molecule has 1 atom stereocenters. The van der Waals surface area contributed by atoms with Crippen LogP contribution in [0.2, 0.25) is 0 Å². The van der Waals surface area contributed by atoms with Crippen LogP contribution in [0.1, 0.15) is 24.4 Å². The van der Waals surface area contributed by atoms with E-state index in [4.69, 9.17) is 0 Å². The molecule has 0 unspecified atom stereocenters. The number of carbonyl (C=O) groups excluding carboxylic acids is 1. The maximum Gasteiger partial charge on any atom is 0.254 e. The zero-order valence-corrected chi connectivity index (χ0v) is 14.7. The van der Waals surface area contributed by atoms with E-state index < -0.39 is 5.60 Å². The van der Waals surface area contributed by atoms with E-state index in [-0.39, 0.29) is 11.9 Å². The van der Waals surface area contributed by atoms with Gasteiger partial charge in [0.1, 0.15) is 5.60 Å². The Morgan fingerprint density at radius 2 is 1.78 bits per heavy atom. The molecule has 1 aromatic carbocycles. The van der Waals surface area contributed by atoms with Crippen molar-refractivity contribution in [1.29, 1.82) is 0 Å². The molecule has 23 heavy (non-hydrogen) atoms. The summed E-state index contributed by atoms with van der Waals surface area (Å²) in [6, 6.07) is 9.96. The first-order valence-corrected chi connectivity index (χ1v) is 8.21. The zero-order valence-electron chi connectivity index (χ0n) is 14.7. The normalized spacial score (nSPS) is 19.6. The van der Waals surface area contributed by atoms with Crippen LogP contribution in [0.25, 0.3) is 0 Å².